The van der Waals surface area contributed by atoms with Crippen LogP contribution in [0.3, 0.4) is 0 Å². The minimum absolute atomic E-state index is 0.157. The van der Waals surface area contributed by atoms with Crippen molar-refractivity contribution in [3.63, 3.8) is 0 Å². The molecule has 28 heavy (non-hydrogen) atoms. The van der Waals surface area contributed by atoms with Gasteiger partial charge in [0.1, 0.15) is 5.75 Å². The van der Waals surface area contributed by atoms with Crippen LogP contribution < -0.4 is 10.2 Å². The van der Waals surface area contributed by atoms with Gasteiger partial charge in [0.15, 0.2) is 6.61 Å². The van der Waals surface area contributed by atoms with Gasteiger partial charge in [-0.2, -0.15) is 10.4 Å². The van der Waals surface area contributed by atoms with Crippen LogP contribution in [0.5, 0.6) is 5.75 Å². The summed E-state index contributed by atoms with van der Waals surface area (Å²) in [7, 11) is 0. The minimum atomic E-state index is -0.375. The van der Waals surface area contributed by atoms with Gasteiger partial charge in [0, 0.05) is 10.6 Å². The lowest BCUT2D eigenvalue weighted by molar-refractivity contribution is -0.123. The molecule has 3 rings (SSSR count). The van der Waals surface area contributed by atoms with Crippen LogP contribution in [0.4, 0.5) is 0 Å². The second kappa shape index (κ2) is 9.36. The molecule has 0 radical (unpaired) electrons. The van der Waals surface area contributed by atoms with Crippen LogP contribution in [0.2, 0.25) is 5.02 Å². The van der Waals surface area contributed by atoms with E-state index in [-0.39, 0.29) is 12.5 Å². The fourth-order valence-corrected chi connectivity index (χ4v) is 2.60. The average molecular weight is 390 g/mol. The normalized spacial score (nSPS) is 10.4. The molecule has 5 nitrogen and oxygen atoms in total. The first kappa shape index (κ1) is 19.2. The molecular weight excluding hydrogens is 374 g/mol. The molecule has 0 aromatic heterocycles. The van der Waals surface area contributed by atoms with E-state index in [1.54, 1.807) is 36.4 Å². The molecule has 0 spiro atoms. The van der Waals surface area contributed by atoms with Crippen LogP contribution in [0.1, 0.15) is 11.1 Å². The lowest BCUT2D eigenvalue weighted by atomic mass is 10.0. The van der Waals surface area contributed by atoms with Gasteiger partial charge < -0.3 is 4.74 Å². The Hall–Kier alpha value is -3.62. The monoisotopic (exact) mass is 389 g/mol. The van der Waals surface area contributed by atoms with E-state index in [9.17, 15) is 4.79 Å². The number of ether oxygens (including phenoxy) is 1. The summed E-state index contributed by atoms with van der Waals surface area (Å²) in [5.74, 6) is 0.196. The van der Waals surface area contributed by atoms with E-state index >= 15 is 0 Å². The number of benzene rings is 3. The Balaban J connectivity index is 1.51. The van der Waals surface area contributed by atoms with Crippen molar-refractivity contribution in [1.82, 2.24) is 5.43 Å². The van der Waals surface area contributed by atoms with Crippen molar-refractivity contribution in [2.75, 3.05) is 6.61 Å². The fourth-order valence-electron chi connectivity index (χ4n) is 2.42. The first-order valence-corrected chi connectivity index (χ1v) is 8.83. The van der Waals surface area contributed by atoms with E-state index < -0.39 is 0 Å². The first-order valence-electron chi connectivity index (χ1n) is 8.45. The number of carbonyl (C=O) groups excluding carboxylic acids is 1. The summed E-state index contributed by atoms with van der Waals surface area (Å²) in [6.45, 7) is -0.157. The van der Waals surface area contributed by atoms with Gasteiger partial charge in [-0.25, -0.2) is 5.43 Å². The van der Waals surface area contributed by atoms with E-state index in [1.807, 2.05) is 36.4 Å². The molecule has 138 valence electrons. The number of nitrogens with one attached hydrogen (secondary N) is 1. The van der Waals surface area contributed by atoms with Gasteiger partial charge >= 0.3 is 0 Å². The van der Waals surface area contributed by atoms with Gasteiger partial charge in [-0.1, -0.05) is 54.1 Å². The van der Waals surface area contributed by atoms with Crippen LogP contribution in [-0.2, 0) is 4.79 Å². The zero-order valence-electron chi connectivity index (χ0n) is 14.8. The van der Waals surface area contributed by atoms with Crippen LogP contribution in [-0.4, -0.2) is 18.7 Å². The molecule has 3 aromatic rings. The van der Waals surface area contributed by atoms with E-state index in [0.29, 0.717) is 21.9 Å². The maximum Gasteiger partial charge on any atom is 0.277 e. The largest absolute Gasteiger partial charge is 0.484 e. The average Bonchev–Trinajstić information content (AvgIpc) is 2.74. The van der Waals surface area contributed by atoms with E-state index in [2.05, 4.69) is 16.6 Å². The van der Waals surface area contributed by atoms with Crippen molar-refractivity contribution in [3.8, 4) is 22.9 Å². The maximum atomic E-state index is 11.8. The third-order valence-corrected chi connectivity index (χ3v) is 4.21. The molecule has 0 aliphatic rings. The Labute approximate surface area is 167 Å². The number of rotatable bonds is 6. The highest BCUT2D eigenvalue weighted by Gasteiger charge is 2.03. The highest BCUT2D eigenvalue weighted by atomic mass is 35.5. The first-order chi connectivity index (χ1) is 13.7. The number of hydrogen-bond donors (Lipinski definition) is 1. The minimum Gasteiger partial charge on any atom is -0.484 e. The number of carbonyl (C=O) groups is 1. The summed E-state index contributed by atoms with van der Waals surface area (Å²) in [5.41, 5.74) is 5.72. The van der Waals surface area contributed by atoms with E-state index in [1.165, 1.54) is 6.21 Å². The molecule has 1 N–H and O–H groups in total. The van der Waals surface area contributed by atoms with Crippen LogP contribution in [0.25, 0.3) is 11.1 Å². The number of amides is 1. The zero-order valence-corrected chi connectivity index (χ0v) is 15.6. The summed E-state index contributed by atoms with van der Waals surface area (Å²) < 4.78 is 5.47. The quantitative estimate of drug-likeness (QED) is 0.501. The van der Waals surface area contributed by atoms with E-state index in [4.69, 9.17) is 21.6 Å². The molecule has 3 aromatic carbocycles. The summed E-state index contributed by atoms with van der Waals surface area (Å²) in [5, 5.41) is 13.3. The van der Waals surface area contributed by atoms with Gasteiger partial charge in [-0.3, -0.25) is 4.79 Å². The van der Waals surface area contributed by atoms with Gasteiger partial charge in [-0.15, -0.1) is 0 Å². The molecule has 1 amide bonds. The lowest BCUT2D eigenvalue weighted by Gasteiger charge is -2.07. The molecular formula is C22H16ClN3O2. The lowest BCUT2D eigenvalue weighted by Crippen LogP contribution is -2.24. The molecule has 0 saturated heterocycles. The number of hydrazone groups is 1. The molecule has 0 unspecified atom stereocenters. The van der Waals surface area contributed by atoms with E-state index in [0.717, 1.165) is 11.1 Å². The van der Waals surface area contributed by atoms with Gasteiger partial charge in [0.25, 0.3) is 5.91 Å². The van der Waals surface area contributed by atoms with Crippen molar-refractivity contribution in [3.05, 3.63) is 88.9 Å². The smallest absolute Gasteiger partial charge is 0.277 e. The van der Waals surface area contributed by atoms with Crippen molar-refractivity contribution >= 4 is 23.7 Å². The van der Waals surface area contributed by atoms with Crippen LogP contribution in [0.15, 0.2) is 77.9 Å². The SMILES string of the molecule is N#Cc1ccc(-c2ccc(OCC(=O)N/N=C/c3ccccc3Cl)cc2)cc1. The molecule has 0 bridgehead atoms. The third-order valence-electron chi connectivity index (χ3n) is 3.87. The maximum absolute atomic E-state index is 11.8. The molecule has 0 saturated carbocycles. The third kappa shape index (κ3) is 5.19. The second-order valence-electron chi connectivity index (χ2n) is 5.82. The second-order valence-corrected chi connectivity index (χ2v) is 6.22. The van der Waals surface area contributed by atoms with Crippen molar-refractivity contribution in [2.45, 2.75) is 0 Å². The molecule has 0 atom stereocenters. The predicted molar refractivity (Wildman–Crippen MR) is 109 cm³/mol. The Morgan fingerprint density at radius 3 is 2.32 bits per heavy atom. The molecule has 6 heteroatoms. The topological polar surface area (TPSA) is 74.5 Å². The van der Waals surface area contributed by atoms with Gasteiger partial charge in [0.05, 0.1) is 17.8 Å². The molecule has 0 aliphatic carbocycles. The number of nitriles is 1. The summed E-state index contributed by atoms with van der Waals surface area (Å²) in [6, 6.07) is 24.0. The summed E-state index contributed by atoms with van der Waals surface area (Å²) in [4.78, 5) is 11.8. The predicted octanol–water partition coefficient (Wildman–Crippen LogP) is 4.41. The number of hydrogen-bond acceptors (Lipinski definition) is 4. The molecule has 0 heterocycles. The molecule has 0 aliphatic heterocycles. The Morgan fingerprint density at radius 1 is 1.04 bits per heavy atom. The zero-order chi connectivity index (χ0) is 19.8. The highest BCUT2D eigenvalue weighted by Crippen LogP contribution is 2.22. The van der Waals surface area contributed by atoms with Crippen LogP contribution >= 0.6 is 11.6 Å². The van der Waals surface area contributed by atoms with Gasteiger partial charge in [-0.05, 0) is 41.5 Å². The Morgan fingerprint density at radius 2 is 1.68 bits per heavy atom. The molecule has 0 fully saturated rings. The summed E-state index contributed by atoms with van der Waals surface area (Å²) in [6.07, 6.45) is 1.48. The van der Waals surface area contributed by atoms with Gasteiger partial charge in [0.2, 0.25) is 0 Å². The number of nitrogens with zero attached hydrogens (tertiary/aromatic N) is 2. The number of halogens is 1. The summed E-state index contributed by atoms with van der Waals surface area (Å²) >= 11 is 6.01. The van der Waals surface area contributed by atoms with Crippen molar-refractivity contribution < 1.29 is 9.53 Å². The highest BCUT2D eigenvalue weighted by molar-refractivity contribution is 6.33. The van der Waals surface area contributed by atoms with Crippen molar-refractivity contribution in [2.24, 2.45) is 5.10 Å². The fraction of sp³-hybridized carbons (Fsp3) is 0.0455. The standard InChI is InChI=1S/C22H16ClN3O2/c23-21-4-2-1-3-19(21)14-25-26-22(27)15-28-20-11-9-18(10-12-20)17-7-5-16(13-24)6-8-17/h1-12,14H,15H2,(H,26,27)/b25-14+. The van der Waals surface area contributed by atoms with Crippen molar-refractivity contribution in [1.29, 1.82) is 5.26 Å². The Bertz CT molecular complexity index is 1020. The van der Waals surface area contributed by atoms with Crippen LogP contribution in [0, 0.1) is 11.3 Å². The Kier molecular flexibility index (Phi) is 6.40.